The normalized spacial score (nSPS) is 13.2. The number of aromatic nitrogens is 1. The zero-order valence-electron chi connectivity index (χ0n) is 15.2. The first kappa shape index (κ1) is 17.3. The van der Waals surface area contributed by atoms with E-state index < -0.39 is 5.97 Å². The molecule has 1 aromatic heterocycles. The largest absolute Gasteiger partial charge is 0.493 e. The van der Waals surface area contributed by atoms with Crippen LogP contribution in [0, 0.1) is 0 Å². The highest BCUT2D eigenvalue weighted by molar-refractivity contribution is 5.86. The maximum absolute atomic E-state index is 13.0. The number of carboxylic acid groups (broad SMARTS) is 1. The van der Waals surface area contributed by atoms with E-state index in [-0.39, 0.29) is 12.0 Å². The van der Waals surface area contributed by atoms with Crippen molar-refractivity contribution in [2.75, 3.05) is 6.61 Å². The molecule has 3 aromatic rings. The fraction of sp³-hybridized carbons (Fsp3) is 0.273. The zero-order valence-corrected chi connectivity index (χ0v) is 15.2. The monoisotopic (exact) mass is 363 g/mol. The summed E-state index contributed by atoms with van der Waals surface area (Å²) in [6.07, 6.45) is 2.29. The van der Waals surface area contributed by atoms with Crippen LogP contribution in [0.1, 0.15) is 24.0 Å². The lowest BCUT2D eigenvalue weighted by molar-refractivity contribution is -0.136. The number of pyridine rings is 1. The second-order valence-electron chi connectivity index (χ2n) is 6.91. The molecule has 138 valence electrons. The molecule has 0 aliphatic carbocycles. The predicted octanol–water partition coefficient (Wildman–Crippen LogP) is 3.55. The highest BCUT2D eigenvalue weighted by atomic mass is 16.5. The van der Waals surface area contributed by atoms with Crippen molar-refractivity contribution < 1.29 is 14.6 Å². The van der Waals surface area contributed by atoms with Gasteiger partial charge in [0.15, 0.2) is 0 Å². The number of nitrogens with zero attached hydrogens (tertiary/aromatic N) is 1. The lowest BCUT2D eigenvalue weighted by atomic mass is 9.91. The molecule has 0 atom stereocenters. The fourth-order valence-corrected chi connectivity index (χ4v) is 3.83. The highest BCUT2D eigenvalue weighted by Gasteiger charge is 2.22. The van der Waals surface area contributed by atoms with E-state index in [0.29, 0.717) is 18.6 Å². The molecule has 0 radical (unpaired) electrons. The summed E-state index contributed by atoms with van der Waals surface area (Å²) < 4.78 is 7.63. The second-order valence-corrected chi connectivity index (χ2v) is 6.91. The molecule has 4 rings (SSSR count). The van der Waals surface area contributed by atoms with Gasteiger partial charge in [-0.25, -0.2) is 0 Å². The quantitative estimate of drug-likeness (QED) is 0.770. The molecule has 2 aromatic carbocycles. The fourth-order valence-electron chi connectivity index (χ4n) is 3.83. The zero-order chi connectivity index (χ0) is 19.0. The van der Waals surface area contributed by atoms with E-state index >= 15 is 0 Å². The van der Waals surface area contributed by atoms with Gasteiger partial charge in [0, 0.05) is 19.0 Å². The van der Waals surface area contributed by atoms with E-state index in [1.165, 1.54) is 0 Å². The highest BCUT2D eigenvalue weighted by Crippen LogP contribution is 2.38. The molecule has 1 aliphatic rings. The maximum Gasteiger partial charge on any atom is 0.303 e. The molecule has 0 bridgehead atoms. The van der Waals surface area contributed by atoms with E-state index in [4.69, 9.17) is 9.84 Å². The summed E-state index contributed by atoms with van der Waals surface area (Å²) in [5.74, 6) is -0.0792. The maximum atomic E-state index is 13.0. The minimum absolute atomic E-state index is 0.0663. The standard InChI is InChI=1S/C22H21NO4/c1-23-19-7-3-2-5-15(19)13-18(22(23)26)17-10-8-14(9-11-20(24)25)16-6-4-12-27-21(16)17/h2-3,5,7-8,10,13H,4,6,9,11-12H2,1H3,(H,24,25). The number of aryl methyl sites for hydroxylation is 2. The summed E-state index contributed by atoms with van der Waals surface area (Å²) in [6.45, 7) is 0.607. The lowest BCUT2D eigenvalue weighted by Gasteiger charge is -2.23. The molecule has 5 heteroatoms. The van der Waals surface area contributed by atoms with Crippen LogP contribution in [0.15, 0.2) is 47.3 Å². The third-order valence-corrected chi connectivity index (χ3v) is 5.21. The summed E-state index contributed by atoms with van der Waals surface area (Å²) in [7, 11) is 1.78. The number of hydrogen-bond acceptors (Lipinski definition) is 3. The molecular weight excluding hydrogens is 342 g/mol. The average Bonchev–Trinajstić information content (AvgIpc) is 2.69. The summed E-state index contributed by atoms with van der Waals surface area (Å²) in [4.78, 5) is 24.0. The van der Waals surface area contributed by atoms with Crippen LogP contribution >= 0.6 is 0 Å². The molecule has 0 spiro atoms. The molecule has 1 aliphatic heterocycles. The molecule has 1 N–H and O–H groups in total. The molecule has 27 heavy (non-hydrogen) atoms. The number of rotatable bonds is 4. The Kier molecular flexibility index (Phi) is 4.44. The van der Waals surface area contributed by atoms with Crippen LogP contribution in [-0.4, -0.2) is 22.2 Å². The Morgan fingerprint density at radius 1 is 1.19 bits per heavy atom. The molecule has 0 fully saturated rings. The Hall–Kier alpha value is -3.08. The van der Waals surface area contributed by atoms with Crippen molar-refractivity contribution in [2.45, 2.75) is 25.7 Å². The van der Waals surface area contributed by atoms with E-state index in [1.807, 2.05) is 42.5 Å². The van der Waals surface area contributed by atoms with Crippen LogP contribution in [0.2, 0.25) is 0 Å². The van der Waals surface area contributed by atoms with Gasteiger partial charge in [-0.05, 0) is 47.9 Å². The molecule has 0 saturated heterocycles. The third-order valence-electron chi connectivity index (χ3n) is 5.21. The van der Waals surface area contributed by atoms with Crippen LogP contribution in [0.5, 0.6) is 5.75 Å². The van der Waals surface area contributed by atoms with Gasteiger partial charge in [-0.15, -0.1) is 0 Å². The molecule has 0 saturated carbocycles. The minimum Gasteiger partial charge on any atom is -0.493 e. The van der Waals surface area contributed by atoms with Crippen molar-refractivity contribution in [1.29, 1.82) is 0 Å². The number of benzene rings is 2. The number of fused-ring (bicyclic) bond motifs is 2. The number of para-hydroxylation sites is 1. The molecule has 5 nitrogen and oxygen atoms in total. The van der Waals surface area contributed by atoms with E-state index in [1.54, 1.807) is 11.6 Å². The van der Waals surface area contributed by atoms with E-state index in [9.17, 15) is 9.59 Å². The number of aliphatic carboxylic acids is 1. The SMILES string of the molecule is Cn1c(=O)c(-c2ccc(CCC(=O)O)c3c2OCCC3)cc2ccccc21. The van der Waals surface area contributed by atoms with Gasteiger partial charge in [0.2, 0.25) is 0 Å². The summed E-state index contributed by atoms with van der Waals surface area (Å²) >= 11 is 0. The summed E-state index contributed by atoms with van der Waals surface area (Å²) in [5.41, 5.74) is 4.25. The Morgan fingerprint density at radius 2 is 2.00 bits per heavy atom. The first-order valence-corrected chi connectivity index (χ1v) is 9.15. The van der Waals surface area contributed by atoms with Gasteiger partial charge in [0.1, 0.15) is 5.75 Å². The summed E-state index contributed by atoms with van der Waals surface area (Å²) in [5, 5.41) is 10.00. The number of carboxylic acids is 1. The Bertz CT molecular complexity index is 1100. The molecule has 2 heterocycles. The van der Waals surface area contributed by atoms with E-state index in [2.05, 4.69) is 0 Å². The van der Waals surface area contributed by atoms with Gasteiger partial charge < -0.3 is 14.4 Å². The first-order valence-electron chi connectivity index (χ1n) is 9.15. The molecular formula is C22H21NO4. The van der Waals surface area contributed by atoms with Crippen LogP contribution in [0.3, 0.4) is 0 Å². The van der Waals surface area contributed by atoms with Crippen LogP contribution in [0.25, 0.3) is 22.0 Å². The molecule has 0 amide bonds. The van der Waals surface area contributed by atoms with Gasteiger partial charge in [0.05, 0.1) is 17.7 Å². The minimum atomic E-state index is -0.812. The van der Waals surface area contributed by atoms with Crippen molar-refractivity contribution in [3.05, 3.63) is 63.9 Å². The molecule has 0 unspecified atom stereocenters. The first-order chi connectivity index (χ1) is 13.1. The summed E-state index contributed by atoms with van der Waals surface area (Å²) in [6, 6.07) is 13.6. The third kappa shape index (κ3) is 3.10. The topological polar surface area (TPSA) is 68.5 Å². The van der Waals surface area contributed by atoms with Gasteiger partial charge in [-0.1, -0.05) is 30.3 Å². The van der Waals surface area contributed by atoms with Crippen LogP contribution in [0.4, 0.5) is 0 Å². The number of ether oxygens (including phenoxy) is 1. The van der Waals surface area contributed by atoms with Crippen molar-refractivity contribution in [3.8, 4) is 16.9 Å². The predicted molar refractivity (Wildman–Crippen MR) is 104 cm³/mol. The second kappa shape index (κ2) is 6.91. The van der Waals surface area contributed by atoms with Crippen molar-refractivity contribution in [1.82, 2.24) is 4.57 Å². The van der Waals surface area contributed by atoms with Crippen LogP contribution in [-0.2, 0) is 24.7 Å². The number of carbonyl (C=O) groups is 1. The Morgan fingerprint density at radius 3 is 2.81 bits per heavy atom. The average molecular weight is 363 g/mol. The van der Waals surface area contributed by atoms with Crippen molar-refractivity contribution in [2.24, 2.45) is 7.05 Å². The Labute approximate surface area is 156 Å². The van der Waals surface area contributed by atoms with Gasteiger partial charge in [-0.3, -0.25) is 9.59 Å². The van der Waals surface area contributed by atoms with E-state index in [0.717, 1.165) is 46.2 Å². The van der Waals surface area contributed by atoms with Crippen LogP contribution < -0.4 is 10.3 Å². The van der Waals surface area contributed by atoms with Gasteiger partial charge in [0.25, 0.3) is 5.56 Å². The Balaban J connectivity index is 1.90. The van der Waals surface area contributed by atoms with Crippen molar-refractivity contribution in [3.63, 3.8) is 0 Å². The van der Waals surface area contributed by atoms with Crippen molar-refractivity contribution >= 4 is 16.9 Å². The smallest absolute Gasteiger partial charge is 0.303 e. The van der Waals surface area contributed by atoms with Gasteiger partial charge >= 0.3 is 5.97 Å². The number of hydrogen-bond donors (Lipinski definition) is 1. The lowest BCUT2D eigenvalue weighted by Crippen LogP contribution is -2.20. The van der Waals surface area contributed by atoms with Gasteiger partial charge in [-0.2, -0.15) is 0 Å².